The van der Waals surface area contributed by atoms with E-state index in [1.807, 2.05) is 30.3 Å². The zero-order chi connectivity index (χ0) is 28.5. The van der Waals surface area contributed by atoms with Crippen molar-refractivity contribution in [3.8, 4) is 28.6 Å². The Hall–Kier alpha value is -4.23. The van der Waals surface area contributed by atoms with Crippen molar-refractivity contribution in [3.63, 3.8) is 0 Å². The fraction of sp³-hybridized carbons (Fsp3) is 0.222. The Morgan fingerprint density at radius 3 is 2.35 bits per heavy atom. The summed E-state index contributed by atoms with van der Waals surface area (Å²) in [5, 5.41) is 10.4. The van der Waals surface area contributed by atoms with E-state index in [-0.39, 0.29) is 17.2 Å². The molecule has 0 aliphatic carbocycles. The van der Waals surface area contributed by atoms with Crippen LogP contribution in [0.5, 0.6) is 17.2 Å². The first-order valence-corrected chi connectivity index (χ1v) is 14.5. The topological polar surface area (TPSA) is 136 Å². The predicted octanol–water partition coefficient (Wildman–Crippen LogP) is 3.60. The predicted molar refractivity (Wildman–Crippen MR) is 153 cm³/mol. The molecule has 1 heterocycles. The molecule has 2 N–H and O–H groups in total. The number of benzene rings is 3. The van der Waals surface area contributed by atoms with E-state index in [0.29, 0.717) is 33.9 Å². The number of ether oxygens (including phenoxy) is 3. The van der Waals surface area contributed by atoms with Gasteiger partial charge in [0.25, 0.3) is 10.0 Å². The maximum atomic E-state index is 13.7. The maximum absolute atomic E-state index is 13.7. The first-order chi connectivity index (χ1) is 19.3. The van der Waals surface area contributed by atoms with Crippen molar-refractivity contribution < 1.29 is 27.4 Å². The highest BCUT2D eigenvalue weighted by Crippen LogP contribution is 2.32. The standard InChI is InChI=1S/C27H29N5O6S2/c1-36-21-11-9-20(10-12-21)32(40(34,35)22-13-14-23(37-2)24(17-22)38-3)18-25(33)28-15-16-39-27-29-26(30-31-27)19-7-5-4-6-8-19/h4-14,17H,15-16,18H2,1-3H3,(H,28,33)(H,29,30,31). The van der Waals surface area contributed by atoms with Crippen molar-refractivity contribution in [2.24, 2.45) is 0 Å². The molecule has 0 spiro atoms. The summed E-state index contributed by atoms with van der Waals surface area (Å²) in [5.41, 5.74) is 1.22. The number of nitrogens with one attached hydrogen (secondary N) is 2. The van der Waals surface area contributed by atoms with Crippen molar-refractivity contribution in [1.29, 1.82) is 0 Å². The number of carbonyl (C=O) groups excluding carboxylic acids is 1. The van der Waals surface area contributed by atoms with Crippen molar-refractivity contribution in [3.05, 3.63) is 72.8 Å². The lowest BCUT2D eigenvalue weighted by Crippen LogP contribution is -2.41. The fourth-order valence-corrected chi connectivity index (χ4v) is 5.81. The van der Waals surface area contributed by atoms with Crippen LogP contribution in [0.3, 0.4) is 0 Å². The number of methoxy groups -OCH3 is 3. The zero-order valence-electron chi connectivity index (χ0n) is 22.2. The van der Waals surface area contributed by atoms with Gasteiger partial charge in [-0.05, 0) is 36.4 Å². The summed E-state index contributed by atoms with van der Waals surface area (Å²) < 4.78 is 44.2. The Morgan fingerprint density at radius 1 is 0.950 bits per heavy atom. The number of aromatic nitrogens is 3. The number of anilines is 1. The SMILES string of the molecule is COc1ccc(N(CC(=O)NCCSc2n[nH]c(-c3ccccc3)n2)S(=O)(=O)c2ccc(OC)c(OC)c2)cc1. The van der Waals surface area contributed by atoms with Crippen molar-refractivity contribution in [2.45, 2.75) is 10.1 Å². The highest BCUT2D eigenvalue weighted by molar-refractivity contribution is 7.99. The van der Waals surface area contributed by atoms with E-state index in [0.717, 1.165) is 9.87 Å². The van der Waals surface area contributed by atoms with Gasteiger partial charge in [-0.2, -0.15) is 0 Å². The van der Waals surface area contributed by atoms with Crippen LogP contribution in [0.25, 0.3) is 11.4 Å². The highest BCUT2D eigenvalue weighted by atomic mass is 32.2. The smallest absolute Gasteiger partial charge is 0.264 e. The third-order valence-corrected chi connectivity index (χ3v) is 8.38. The summed E-state index contributed by atoms with van der Waals surface area (Å²) in [6.07, 6.45) is 0. The minimum atomic E-state index is -4.16. The number of hydrogen-bond acceptors (Lipinski definition) is 9. The van der Waals surface area contributed by atoms with Crippen LogP contribution in [0.15, 0.2) is 82.8 Å². The molecule has 11 nitrogen and oxygen atoms in total. The van der Waals surface area contributed by atoms with E-state index in [4.69, 9.17) is 14.2 Å². The number of rotatable bonds is 13. The van der Waals surface area contributed by atoms with Gasteiger partial charge < -0.3 is 19.5 Å². The quantitative estimate of drug-likeness (QED) is 0.179. The molecule has 0 aliphatic heterocycles. The molecule has 0 aliphatic rings. The van der Waals surface area contributed by atoms with Gasteiger partial charge in [-0.1, -0.05) is 42.1 Å². The lowest BCUT2D eigenvalue weighted by atomic mass is 10.2. The Bertz CT molecular complexity index is 1530. The number of sulfonamides is 1. The Kier molecular flexibility index (Phi) is 9.51. The van der Waals surface area contributed by atoms with Crippen LogP contribution in [0.2, 0.25) is 0 Å². The Balaban J connectivity index is 1.44. The molecular weight excluding hydrogens is 554 g/mol. The summed E-state index contributed by atoms with van der Waals surface area (Å²) in [5.74, 6) is 1.86. The number of H-pyrrole nitrogens is 1. The number of aromatic amines is 1. The number of nitrogens with zero attached hydrogens (tertiary/aromatic N) is 3. The average Bonchev–Trinajstić information content (AvgIpc) is 3.47. The second kappa shape index (κ2) is 13.2. The fourth-order valence-electron chi connectivity index (χ4n) is 3.72. The number of carbonyl (C=O) groups is 1. The maximum Gasteiger partial charge on any atom is 0.264 e. The van der Waals surface area contributed by atoms with E-state index in [1.54, 1.807) is 24.3 Å². The van der Waals surface area contributed by atoms with E-state index in [9.17, 15) is 13.2 Å². The molecule has 13 heteroatoms. The largest absolute Gasteiger partial charge is 0.497 e. The molecule has 0 unspecified atom stereocenters. The number of thioether (sulfide) groups is 1. The second-order valence-corrected chi connectivity index (χ2v) is 11.2. The molecule has 4 aromatic rings. The number of hydrogen-bond donors (Lipinski definition) is 2. The van der Waals surface area contributed by atoms with Crippen LogP contribution in [-0.4, -0.2) is 69.7 Å². The Morgan fingerprint density at radius 2 is 1.68 bits per heavy atom. The lowest BCUT2D eigenvalue weighted by molar-refractivity contribution is -0.119. The third kappa shape index (κ3) is 6.85. The molecule has 0 saturated carbocycles. The molecule has 1 aromatic heterocycles. The van der Waals surface area contributed by atoms with Crippen LogP contribution in [0, 0.1) is 0 Å². The monoisotopic (exact) mass is 583 g/mol. The lowest BCUT2D eigenvalue weighted by Gasteiger charge is -2.24. The number of amides is 1. The first-order valence-electron chi connectivity index (χ1n) is 12.1. The van der Waals surface area contributed by atoms with Gasteiger partial charge in [-0.3, -0.25) is 14.2 Å². The van der Waals surface area contributed by atoms with E-state index in [1.165, 1.54) is 51.3 Å². The molecule has 0 bridgehead atoms. The molecule has 1 amide bonds. The van der Waals surface area contributed by atoms with Crippen LogP contribution in [-0.2, 0) is 14.8 Å². The molecule has 4 rings (SSSR count). The van der Waals surface area contributed by atoms with Crippen molar-refractivity contribution in [1.82, 2.24) is 20.5 Å². The summed E-state index contributed by atoms with van der Waals surface area (Å²) in [6.45, 7) is -0.155. The van der Waals surface area contributed by atoms with E-state index in [2.05, 4.69) is 20.5 Å². The highest BCUT2D eigenvalue weighted by Gasteiger charge is 2.28. The molecule has 0 atom stereocenters. The van der Waals surface area contributed by atoms with Gasteiger partial charge in [0.05, 0.1) is 31.9 Å². The van der Waals surface area contributed by atoms with Crippen LogP contribution < -0.4 is 23.8 Å². The van der Waals surface area contributed by atoms with Gasteiger partial charge >= 0.3 is 0 Å². The minimum Gasteiger partial charge on any atom is -0.497 e. The summed E-state index contributed by atoms with van der Waals surface area (Å²) in [4.78, 5) is 17.3. The van der Waals surface area contributed by atoms with Gasteiger partial charge in [0.2, 0.25) is 11.1 Å². The van der Waals surface area contributed by atoms with Crippen LogP contribution in [0.4, 0.5) is 5.69 Å². The molecule has 210 valence electrons. The van der Waals surface area contributed by atoms with Gasteiger partial charge in [0.15, 0.2) is 17.3 Å². The van der Waals surface area contributed by atoms with E-state index >= 15 is 0 Å². The van der Waals surface area contributed by atoms with Crippen molar-refractivity contribution >= 4 is 33.4 Å². The summed E-state index contributed by atoms with van der Waals surface area (Å²) >= 11 is 1.37. The van der Waals surface area contributed by atoms with Gasteiger partial charge in [0.1, 0.15) is 12.3 Å². The Labute approximate surface area is 236 Å². The molecule has 0 saturated heterocycles. The van der Waals surface area contributed by atoms with Gasteiger partial charge in [-0.15, -0.1) is 5.10 Å². The van der Waals surface area contributed by atoms with Crippen molar-refractivity contribution in [2.75, 3.05) is 44.5 Å². The molecule has 40 heavy (non-hydrogen) atoms. The molecule has 0 radical (unpaired) electrons. The normalized spacial score (nSPS) is 11.1. The molecular formula is C27H29N5O6S2. The van der Waals surface area contributed by atoms with E-state index < -0.39 is 22.5 Å². The van der Waals surface area contributed by atoms with Crippen LogP contribution in [0.1, 0.15) is 0 Å². The zero-order valence-corrected chi connectivity index (χ0v) is 23.8. The first kappa shape index (κ1) is 28.8. The average molecular weight is 584 g/mol. The summed E-state index contributed by atoms with van der Waals surface area (Å²) in [7, 11) is 0.236. The molecule has 0 fully saturated rings. The minimum absolute atomic E-state index is 0.0526. The van der Waals surface area contributed by atoms with Gasteiger partial charge in [0, 0.05) is 23.9 Å². The summed E-state index contributed by atoms with van der Waals surface area (Å²) in [6, 6.07) is 20.3. The third-order valence-electron chi connectivity index (χ3n) is 5.76. The van der Waals surface area contributed by atoms with Crippen LogP contribution >= 0.6 is 11.8 Å². The molecule has 3 aromatic carbocycles. The second-order valence-electron chi connectivity index (χ2n) is 8.26. The van der Waals surface area contributed by atoms with Gasteiger partial charge in [-0.25, -0.2) is 13.4 Å².